The Morgan fingerprint density at radius 2 is 1.83 bits per heavy atom. The SMILES string of the molecule is COc1cccc(OC)c1C(=O)N(C)CCC#Cc1ccccn1. The van der Waals surface area contributed by atoms with E-state index in [1.165, 1.54) is 14.2 Å². The first-order chi connectivity index (χ1) is 11.7. The highest BCUT2D eigenvalue weighted by Gasteiger charge is 2.21. The molecule has 124 valence electrons. The number of ether oxygens (including phenoxy) is 2. The van der Waals surface area contributed by atoms with Gasteiger partial charge in [0.1, 0.15) is 22.8 Å². The highest BCUT2D eigenvalue weighted by Crippen LogP contribution is 2.29. The van der Waals surface area contributed by atoms with Crippen molar-refractivity contribution in [1.29, 1.82) is 0 Å². The lowest BCUT2D eigenvalue weighted by Crippen LogP contribution is -2.28. The van der Waals surface area contributed by atoms with E-state index in [1.54, 1.807) is 36.3 Å². The summed E-state index contributed by atoms with van der Waals surface area (Å²) in [6.45, 7) is 0.500. The van der Waals surface area contributed by atoms with E-state index in [-0.39, 0.29) is 5.91 Å². The largest absolute Gasteiger partial charge is 0.496 e. The molecule has 0 spiro atoms. The molecule has 0 atom stereocenters. The van der Waals surface area contributed by atoms with Crippen LogP contribution in [0.4, 0.5) is 0 Å². The molecule has 0 unspecified atom stereocenters. The normalized spacial score (nSPS) is 9.62. The smallest absolute Gasteiger partial charge is 0.261 e. The highest BCUT2D eigenvalue weighted by atomic mass is 16.5. The molecule has 0 aliphatic carbocycles. The number of methoxy groups -OCH3 is 2. The molecular weight excluding hydrogens is 304 g/mol. The maximum atomic E-state index is 12.7. The van der Waals surface area contributed by atoms with Crippen LogP contribution in [0.2, 0.25) is 0 Å². The first-order valence-corrected chi connectivity index (χ1v) is 7.53. The van der Waals surface area contributed by atoms with E-state index in [0.29, 0.717) is 30.0 Å². The van der Waals surface area contributed by atoms with Gasteiger partial charge in [-0.05, 0) is 30.2 Å². The van der Waals surface area contributed by atoms with Gasteiger partial charge in [-0.2, -0.15) is 0 Å². The Balaban J connectivity index is 2.04. The highest BCUT2D eigenvalue weighted by molar-refractivity contribution is 5.99. The van der Waals surface area contributed by atoms with E-state index in [9.17, 15) is 4.79 Å². The molecule has 0 saturated carbocycles. The number of pyridine rings is 1. The predicted molar refractivity (Wildman–Crippen MR) is 92.2 cm³/mol. The standard InChI is InChI=1S/C19H20N2O3/c1-21(14-7-5-10-15-9-4-6-13-20-15)19(22)18-16(23-2)11-8-12-17(18)24-3/h4,6,8-9,11-13H,7,14H2,1-3H3. The third-order valence-electron chi connectivity index (χ3n) is 3.44. The minimum Gasteiger partial charge on any atom is -0.496 e. The van der Waals surface area contributed by atoms with Crippen LogP contribution < -0.4 is 9.47 Å². The third kappa shape index (κ3) is 4.26. The fourth-order valence-corrected chi connectivity index (χ4v) is 2.17. The number of amides is 1. The van der Waals surface area contributed by atoms with Crippen LogP contribution >= 0.6 is 0 Å². The summed E-state index contributed by atoms with van der Waals surface area (Å²) < 4.78 is 10.6. The minimum absolute atomic E-state index is 0.163. The van der Waals surface area contributed by atoms with Crippen molar-refractivity contribution in [1.82, 2.24) is 9.88 Å². The molecule has 2 rings (SSSR count). The average molecular weight is 324 g/mol. The van der Waals surface area contributed by atoms with Gasteiger partial charge >= 0.3 is 0 Å². The molecule has 2 aromatic rings. The summed E-state index contributed by atoms with van der Waals surface area (Å²) >= 11 is 0. The van der Waals surface area contributed by atoms with Crippen molar-refractivity contribution in [3.8, 4) is 23.3 Å². The zero-order valence-corrected chi connectivity index (χ0v) is 14.1. The maximum absolute atomic E-state index is 12.7. The summed E-state index contributed by atoms with van der Waals surface area (Å²) in [7, 11) is 4.80. The van der Waals surface area contributed by atoms with Crippen LogP contribution in [0, 0.1) is 11.8 Å². The molecule has 1 heterocycles. The third-order valence-corrected chi connectivity index (χ3v) is 3.44. The number of hydrogen-bond acceptors (Lipinski definition) is 4. The van der Waals surface area contributed by atoms with Gasteiger partial charge in [-0.1, -0.05) is 18.1 Å². The Bertz CT molecular complexity index is 726. The fourth-order valence-electron chi connectivity index (χ4n) is 2.17. The number of benzene rings is 1. The van der Waals surface area contributed by atoms with E-state index >= 15 is 0 Å². The fraction of sp³-hybridized carbons (Fsp3) is 0.263. The van der Waals surface area contributed by atoms with Gasteiger partial charge in [-0.3, -0.25) is 4.79 Å². The lowest BCUT2D eigenvalue weighted by molar-refractivity contribution is 0.0791. The van der Waals surface area contributed by atoms with Crippen LogP contribution in [0.1, 0.15) is 22.5 Å². The molecular formula is C19H20N2O3. The van der Waals surface area contributed by atoms with E-state index in [1.807, 2.05) is 18.2 Å². The minimum atomic E-state index is -0.163. The zero-order valence-electron chi connectivity index (χ0n) is 14.1. The van der Waals surface area contributed by atoms with Crippen molar-refractivity contribution < 1.29 is 14.3 Å². The average Bonchev–Trinajstić information content (AvgIpc) is 2.64. The van der Waals surface area contributed by atoms with Crippen LogP contribution in [0.3, 0.4) is 0 Å². The Kier molecular flexibility index (Phi) is 6.21. The van der Waals surface area contributed by atoms with E-state index in [4.69, 9.17) is 9.47 Å². The van der Waals surface area contributed by atoms with E-state index in [0.717, 1.165) is 5.69 Å². The van der Waals surface area contributed by atoms with Crippen molar-refractivity contribution in [3.05, 3.63) is 53.9 Å². The number of carbonyl (C=O) groups excluding carboxylic acids is 1. The van der Waals surface area contributed by atoms with Crippen molar-refractivity contribution in [2.45, 2.75) is 6.42 Å². The molecule has 0 saturated heterocycles. The van der Waals surface area contributed by atoms with Crippen molar-refractivity contribution in [3.63, 3.8) is 0 Å². The molecule has 0 aliphatic heterocycles. The summed E-state index contributed by atoms with van der Waals surface area (Å²) in [4.78, 5) is 18.4. The Morgan fingerprint density at radius 1 is 1.12 bits per heavy atom. The number of nitrogens with zero attached hydrogens (tertiary/aromatic N) is 2. The van der Waals surface area contributed by atoms with Crippen LogP contribution in [0.25, 0.3) is 0 Å². The van der Waals surface area contributed by atoms with Crippen molar-refractivity contribution >= 4 is 5.91 Å². The van der Waals surface area contributed by atoms with Crippen LogP contribution in [-0.4, -0.2) is 43.6 Å². The van der Waals surface area contributed by atoms with Crippen LogP contribution in [0.15, 0.2) is 42.6 Å². The summed E-state index contributed by atoms with van der Waals surface area (Å²) in [5, 5.41) is 0. The van der Waals surface area contributed by atoms with E-state index < -0.39 is 0 Å². The molecule has 24 heavy (non-hydrogen) atoms. The second-order valence-corrected chi connectivity index (χ2v) is 5.03. The van der Waals surface area contributed by atoms with Crippen molar-refractivity contribution in [2.75, 3.05) is 27.8 Å². The summed E-state index contributed by atoms with van der Waals surface area (Å²) in [6.07, 6.45) is 2.25. The van der Waals surface area contributed by atoms with Gasteiger partial charge < -0.3 is 14.4 Å². The molecule has 0 radical (unpaired) electrons. The summed E-state index contributed by atoms with van der Waals surface area (Å²) in [6, 6.07) is 10.8. The molecule has 0 bridgehead atoms. The topological polar surface area (TPSA) is 51.7 Å². The van der Waals surface area contributed by atoms with Gasteiger partial charge in [0.2, 0.25) is 0 Å². The number of carbonyl (C=O) groups is 1. The molecule has 0 N–H and O–H groups in total. The maximum Gasteiger partial charge on any atom is 0.261 e. The molecule has 0 fully saturated rings. The molecule has 5 heteroatoms. The molecule has 1 aromatic heterocycles. The predicted octanol–water partition coefficient (Wildman–Crippen LogP) is 2.61. The van der Waals surface area contributed by atoms with Crippen molar-refractivity contribution in [2.24, 2.45) is 0 Å². The van der Waals surface area contributed by atoms with Gasteiger partial charge in [-0.15, -0.1) is 0 Å². The molecule has 1 amide bonds. The lowest BCUT2D eigenvalue weighted by atomic mass is 10.1. The quantitative estimate of drug-likeness (QED) is 0.793. The van der Waals surface area contributed by atoms with Crippen LogP contribution in [0.5, 0.6) is 11.5 Å². The van der Waals surface area contributed by atoms with Crippen LogP contribution in [-0.2, 0) is 0 Å². The zero-order chi connectivity index (χ0) is 17.4. The molecule has 1 aromatic carbocycles. The van der Waals surface area contributed by atoms with Gasteiger partial charge in [0.25, 0.3) is 5.91 Å². The Morgan fingerprint density at radius 3 is 2.42 bits per heavy atom. The monoisotopic (exact) mass is 324 g/mol. The number of rotatable bonds is 5. The Hall–Kier alpha value is -3.00. The summed E-state index contributed by atoms with van der Waals surface area (Å²) in [5.41, 5.74) is 1.14. The van der Waals surface area contributed by atoms with E-state index in [2.05, 4.69) is 16.8 Å². The second kappa shape index (κ2) is 8.59. The number of hydrogen-bond donors (Lipinski definition) is 0. The lowest BCUT2D eigenvalue weighted by Gasteiger charge is -2.19. The van der Waals surface area contributed by atoms with Gasteiger partial charge in [0, 0.05) is 26.2 Å². The first-order valence-electron chi connectivity index (χ1n) is 7.53. The van der Waals surface area contributed by atoms with Gasteiger partial charge in [0.05, 0.1) is 14.2 Å². The molecule has 0 aliphatic rings. The van der Waals surface area contributed by atoms with Gasteiger partial charge in [0.15, 0.2) is 0 Å². The first kappa shape index (κ1) is 17.4. The van der Waals surface area contributed by atoms with Gasteiger partial charge in [-0.25, -0.2) is 4.98 Å². The summed E-state index contributed by atoms with van der Waals surface area (Å²) in [5.74, 6) is 6.82. The Labute approximate surface area is 142 Å². The molecule has 5 nitrogen and oxygen atoms in total. The second-order valence-electron chi connectivity index (χ2n) is 5.03. The number of aromatic nitrogens is 1.